The van der Waals surface area contributed by atoms with E-state index >= 15 is 0 Å². The summed E-state index contributed by atoms with van der Waals surface area (Å²) in [5.41, 5.74) is 2.08. The van der Waals surface area contributed by atoms with E-state index in [-0.39, 0.29) is 0 Å². The summed E-state index contributed by atoms with van der Waals surface area (Å²) in [4.78, 5) is 5.55. The van der Waals surface area contributed by atoms with Crippen LogP contribution in [0.3, 0.4) is 0 Å². The monoisotopic (exact) mass is 262 g/mol. The van der Waals surface area contributed by atoms with Gasteiger partial charge in [0, 0.05) is 23.3 Å². The smallest absolute Gasteiger partial charge is 0.0893 e. The fourth-order valence-electron chi connectivity index (χ4n) is 1.59. The molecule has 2 heterocycles. The molecule has 0 atom stereocenters. The molecule has 2 rings (SSSR count). The van der Waals surface area contributed by atoms with Crippen molar-refractivity contribution in [1.82, 2.24) is 4.98 Å². The molecule has 0 bridgehead atoms. The molecular weight excluding hydrogens is 244 g/mol. The molecule has 4 heteroatoms. The second-order valence-electron chi connectivity index (χ2n) is 4.03. The standard InChI is InChI=1S/C14H18N2OS/c1-2-6-15-12-5-7-16-13(9-12)10-17-11-14-4-3-8-18-14/h3-5,7-9H,2,6,10-11H2,1H3,(H,15,16). The lowest BCUT2D eigenvalue weighted by Gasteiger charge is -2.07. The molecular formula is C14H18N2OS. The maximum Gasteiger partial charge on any atom is 0.0893 e. The maximum absolute atomic E-state index is 5.64. The van der Waals surface area contributed by atoms with E-state index in [1.54, 1.807) is 11.3 Å². The summed E-state index contributed by atoms with van der Waals surface area (Å²) < 4.78 is 5.64. The van der Waals surface area contributed by atoms with Gasteiger partial charge < -0.3 is 10.1 Å². The third kappa shape index (κ3) is 4.13. The first-order chi connectivity index (χ1) is 8.88. The number of nitrogens with one attached hydrogen (secondary N) is 1. The highest BCUT2D eigenvalue weighted by Gasteiger charge is 1.99. The first kappa shape index (κ1) is 13.1. The number of anilines is 1. The summed E-state index contributed by atoms with van der Waals surface area (Å²) in [5, 5.41) is 5.41. The van der Waals surface area contributed by atoms with Gasteiger partial charge >= 0.3 is 0 Å². The highest BCUT2D eigenvalue weighted by molar-refractivity contribution is 7.09. The molecule has 96 valence electrons. The number of pyridine rings is 1. The molecule has 0 saturated carbocycles. The minimum absolute atomic E-state index is 0.555. The Kier molecular flexibility index (Phi) is 5.17. The van der Waals surface area contributed by atoms with Crippen molar-refractivity contribution in [2.75, 3.05) is 11.9 Å². The van der Waals surface area contributed by atoms with Gasteiger partial charge in [-0.1, -0.05) is 13.0 Å². The average molecular weight is 262 g/mol. The van der Waals surface area contributed by atoms with Crippen LogP contribution in [0.2, 0.25) is 0 Å². The first-order valence-electron chi connectivity index (χ1n) is 6.17. The summed E-state index contributed by atoms with van der Waals surface area (Å²) in [5.74, 6) is 0. The Morgan fingerprint density at radius 1 is 1.33 bits per heavy atom. The Hall–Kier alpha value is -1.39. The molecule has 0 unspecified atom stereocenters. The van der Waals surface area contributed by atoms with Crippen LogP contribution in [0.5, 0.6) is 0 Å². The van der Waals surface area contributed by atoms with E-state index in [9.17, 15) is 0 Å². The Bertz CT molecular complexity index is 457. The molecule has 0 fully saturated rings. The van der Waals surface area contributed by atoms with Crippen LogP contribution in [-0.4, -0.2) is 11.5 Å². The number of ether oxygens (including phenoxy) is 1. The predicted molar refractivity (Wildman–Crippen MR) is 75.8 cm³/mol. The zero-order valence-corrected chi connectivity index (χ0v) is 11.4. The fraction of sp³-hybridized carbons (Fsp3) is 0.357. The number of nitrogens with zero attached hydrogens (tertiary/aromatic N) is 1. The third-order valence-corrected chi connectivity index (χ3v) is 3.32. The number of thiophene rings is 1. The van der Waals surface area contributed by atoms with Gasteiger partial charge in [-0.15, -0.1) is 11.3 Å². The van der Waals surface area contributed by atoms with Crippen LogP contribution in [0.15, 0.2) is 35.8 Å². The van der Waals surface area contributed by atoms with Gasteiger partial charge in [-0.05, 0) is 30.0 Å². The normalized spacial score (nSPS) is 10.5. The lowest BCUT2D eigenvalue weighted by molar-refractivity contribution is 0.106. The molecule has 0 aliphatic heterocycles. The highest BCUT2D eigenvalue weighted by Crippen LogP contribution is 2.12. The van der Waals surface area contributed by atoms with Gasteiger partial charge in [0.25, 0.3) is 0 Å². The molecule has 0 spiro atoms. The Labute approximate surface area is 112 Å². The van der Waals surface area contributed by atoms with Crippen molar-refractivity contribution < 1.29 is 4.74 Å². The van der Waals surface area contributed by atoms with Crippen molar-refractivity contribution in [1.29, 1.82) is 0 Å². The van der Waals surface area contributed by atoms with E-state index < -0.39 is 0 Å². The first-order valence-corrected chi connectivity index (χ1v) is 7.05. The Balaban J connectivity index is 1.81. The minimum atomic E-state index is 0.555. The molecule has 3 nitrogen and oxygen atoms in total. The van der Waals surface area contributed by atoms with Gasteiger partial charge in [0.05, 0.1) is 18.9 Å². The molecule has 0 aliphatic carbocycles. The molecule has 0 aromatic carbocycles. The molecule has 2 aromatic heterocycles. The van der Waals surface area contributed by atoms with E-state index in [2.05, 4.69) is 28.7 Å². The van der Waals surface area contributed by atoms with Crippen LogP contribution in [0.4, 0.5) is 5.69 Å². The van der Waals surface area contributed by atoms with Crippen LogP contribution in [0.25, 0.3) is 0 Å². The second kappa shape index (κ2) is 7.13. The van der Waals surface area contributed by atoms with Gasteiger partial charge in [-0.3, -0.25) is 4.98 Å². The molecule has 0 aliphatic rings. The molecule has 1 N–H and O–H groups in total. The summed E-state index contributed by atoms with van der Waals surface area (Å²) in [6.45, 7) is 4.35. The minimum Gasteiger partial charge on any atom is -0.385 e. The highest BCUT2D eigenvalue weighted by atomic mass is 32.1. The Morgan fingerprint density at radius 2 is 2.28 bits per heavy atom. The van der Waals surface area contributed by atoms with E-state index in [1.165, 1.54) is 4.88 Å². The largest absolute Gasteiger partial charge is 0.385 e. The van der Waals surface area contributed by atoms with Crippen molar-refractivity contribution in [2.45, 2.75) is 26.6 Å². The molecule has 0 amide bonds. The predicted octanol–water partition coefficient (Wildman–Crippen LogP) is 3.68. The van der Waals surface area contributed by atoms with Gasteiger partial charge in [0.1, 0.15) is 0 Å². The molecule has 18 heavy (non-hydrogen) atoms. The van der Waals surface area contributed by atoms with Gasteiger partial charge in [-0.25, -0.2) is 0 Å². The van der Waals surface area contributed by atoms with Crippen molar-refractivity contribution >= 4 is 17.0 Å². The number of rotatable bonds is 7. The van der Waals surface area contributed by atoms with E-state index in [0.717, 1.165) is 24.3 Å². The summed E-state index contributed by atoms with van der Waals surface area (Å²) >= 11 is 1.71. The fourth-order valence-corrected chi connectivity index (χ4v) is 2.23. The summed E-state index contributed by atoms with van der Waals surface area (Å²) in [6.07, 6.45) is 2.94. The van der Waals surface area contributed by atoms with E-state index in [1.807, 2.05) is 24.4 Å². The van der Waals surface area contributed by atoms with Crippen LogP contribution >= 0.6 is 11.3 Å². The van der Waals surface area contributed by atoms with Crippen LogP contribution in [-0.2, 0) is 18.0 Å². The van der Waals surface area contributed by atoms with Crippen molar-refractivity contribution in [3.8, 4) is 0 Å². The second-order valence-corrected chi connectivity index (χ2v) is 5.07. The van der Waals surface area contributed by atoms with Crippen LogP contribution in [0.1, 0.15) is 23.9 Å². The molecule has 2 aromatic rings. The zero-order valence-electron chi connectivity index (χ0n) is 10.6. The van der Waals surface area contributed by atoms with Crippen molar-refractivity contribution in [3.05, 3.63) is 46.4 Å². The number of hydrogen-bond donors (Lipinski definition) is 1. The SMILES string of the molecule is CCCNc1ccnc(COCc2cccs2)c1. The topological polar surface area (TPSA) is 34.2 Å². The Morgan fingerprint density at radius 3 is 3.06 bits per heavy atom. The summed E-state index contributed by atoms with van der Waals surface area (Å²) in [6, 6.07) is 8.15. The van der Waals surface area contributed by atoms with Gasteiger partial charge in [-0.2, -0.15) is 0 Å². The van der Waals surface area contributed by atoms with Crippen molar-refractivity contribution in [2.24, 2.45) is 0 Å². The van der Waals surface area contributed by atoms with Gasteiger partial charge in [0.2, 0.25) is 0 Å². The lowest BCUT2D eigenvalue weighted by Crippen LogP contribution is -2.02. The number of aromatic nitrogens is 1. The quantitative estimate of drug-likeness (QED) is 0.826. The summed E-state index contributed by atoms with van der Waals surface area (Å²) in [7, 11) is 0. The third-order valence-electron chi connectivity index (χ3n) is 2.47. The zero-order chi connectivity index (χ0) is 12.6. The average Bonchev–Trinajstić information content (AvgIpc) is 2.90. The molecule has 0 saturated heterocycles. The van der Waals surface area contributed by atoms with Crippen molar-refractivity contribution in [3.63, 3.8) is 0 Å². The van der Waals surface area contributed by atoms with Gasteiger partial charge in [0.15, 0.2) is 0 Å². The van der Waals surface area contributed by atoms with E-state index in [4.69, 9.17) is 4.74 Å². The van der Waals surface area contributed by atoms with Crippen LogP contribution in [0, 0.1) is 0 Å². The van der Waals surface area contributed by atoms with Crippen LogP contribution < -0.4 is 5.32 Å². The molecule has 0 radical (unpaired) electrons. The lowest BCUT2D eigenvalue weighted by atomic mass is 10.3. The van der Waals surface area contributed by atoms with E-state index in [0.29, 0.717) is 13.2 Å². The maximum atomic E-state index is 5.64. The number of hydrogen-bond acceptors (Lipinski definition) is 4.